The number of benzene rings is 1. The van der Waals surface area contributed by atoms with Gasteiger partial charge in [0.15, 0.2) is 5.78 Å². The molecule has 1 heterocycles. The van der Waals surface area contributed by atoms with Gasteiger partial charge in [-0.15, -0.1) is 0 Å². The lowest BCUT2D eigenvalue weighted by molar-refractivity contribution is -0.115. The second kappa shape index (κ2) is 5.25. The van der Waals surface area contributed by atoms with Crippen LogP contribution in [0.15, 0.2) is 58.9 Å². The van der Waals surface area contributed by atoms with E-state index in [0.717, 1.165) is 23.6 Å². The average molecular weight is 269 g/mol. The summed E-state index contributed by atoms with van der Waals surface area (Å²) in [5, 5.41) is 12.6. The Morgan fingerprint density at radius 3 is 2.85 bits per heavy atom. The van der Waals surface area contributed by atoms with Crippen LogP contribution in [0, 0.1) is 0 Å². The molecule has 0 amide bonds. The summed E-state index contributed by atoms with van der Waals surface area (Å²) in [5.74, 6) is 1.18. The van der Waals surface area contributed by atoms with Gasteiger partial charge in [0.25, 0.3) is 0 Å². The SMILES string of the molecule is O=C1C=C(Nc2cccc(O)c2)C[C@H](c2ccco2)C1. The van der Waals surface area contributed by atoms with Gasteiger partial charge >= 0.3 is 0 Å². The first-order chi connectivity index (χ1) is 9.70. The van der Waals surface area contributed by atoms with E-state index < -0.39 is 0 Å². The third-order valence-corrected chi connectivity index (χ3v) is 3.35. The van der Waals surface area contributed by atoms with Gasteiger partial charge in [-0.25, -0.2) is 0 Å². The predicted octanol–water partition coefficient (Wildman–Crippen LogP) is 3.43. The van der Waals surface area contributed by atoms with Gasteiger partial charge in [0.05, 0.1) is 6.26 Å². The molecule has 2 N–H and O–H groups in total. The average Bonchev–Trinajstić information content (AvgIpc) is 2.91. The van der Waals surface area contributed by atoms with E-state index in [1.54, 1.807) is 30.5 Å². The maximum Gasteiger partial charge on any atom is 0.158 e. The van der Waals surface area contributed by atoms with E-state index in [0.29, 0.717) is 6.42 Å². The third kappa shape index (κ3) is 2.74. The molecule has 2 aromatic rings. The number of phenolic OH excluding ortho intramolecular Hbond substituents is 1. The highest BCUT2D eigenvalue weighted by Crippen LogP contribution is 2.32. The molecular weight excluding hydrogens is 254 g/mol. The molecule has 4 nitrogen and oxygen atoms in total. The fraction of sp³-hybridized carbons (Fsp3) is 0.188. The smallest absolute Gasteiger partial charge is 0.158 e. The number of allylic oxidation sites excluding steroid dienone is 2. The second-order valence-corrected chi connectivity index (χ2v) is 4.93. The fourth-order valence-electron chi connectivity index (χ4n) is 2.47. The summed E-state index contributed by atoms with van der Waals surface area (Å²) in [5.41, 5.74) is 1.61. The van der Waals surface area contributed by atoms with Crippen LogP contribution in [-0.2, 0) is 4.79 Å². The summed E-state index contributed by atoms with van der Waals surface area (Å²) in [4.78, 5) is 11.8. The van der Waals surface area contributed by atoms with Gasteiger partial charge in [0.1, 0.15) is 11.5 Å². The first kappa shape index (κ1) is 12.5. The molecule has 0 saturated carbocycles. The molecule has 1 aromatic carbocycles. The molecule has 1 atom stereocenters. The summed E-state index contributed by atoms with van der Waals surface area (Å²) >= 11 is 0. The van der Waals surface area contributed by atoms with Crippen molar-refractivity contribution in [2.45, 2.75) is 18.8 Å². The second-order valence-electron chi connectivity index (χ2n) is 4.93. The Morgan fingerprint density at radius 2 is 2.10 bits per heavy atom. The minimum Gasteiger partial charge on any atom is -0.508 e. The van der Waals surface area contributed by atoms with Crippen LogP contribution < -0.4 is 5.32 Å². The van der Waals surface area contributed by atoms with Crippen LogP contribution in [-0.4, -0.2) is 10.9 Å². The Hall–Kier alpha value is -2.49. The van der Waals surface area contributed by atoms with Gasteiger partial charge in [-0.1, -0.05) is 6.07 Å². The molecule has 20 heavy (non-hydrogen) atoms. The first-order valence-electron chi connectivity index (χ1n) is 6.53. The van der Waals surface area contributed by atoms with Gasteiger partial charge in [-0.2, -0.15) is 0 Å². The molecule has 0 spiro atoms. The highest BCUT2D eigenvalue weighted by molar-refractivity contribution is 5.92. The number of aromatic hydroxyl groups is 1. The molecule has 3 rings (SSSR count). The zero-order valence-corrected chi connectivity index (χ0v) is 10.9. The van der Waals surface area contributed by atoms with Crippen molar-refractivity contribution in [1.29, 1.82) is 0 Å². The topological polar surface area (TPSA) is 62.5 Å². The molecule has 0 saturated heterocycles. The normalized spacial score (nSPS) is 18.7. The van der Waals surface area contributed by atoms with Gasteiger partial charge in [0, 0.05) is 35.9 Å². The molecule has 0 radical (unpaired) electrons. The number of rotatable bonds is 3. The van der Waals surface area contributed by atoms with Gasteiger partial charge in [-0.05, 0) is 30.7 Å². The molecule has 0 unspecified atom stereocenters. The number of carbonyl (C=O) groups is 1. The van der Waals surface area contributed by atoms with E-state index in [9.17, 15) is 9.90 Å². The van der Waals surface area contributed by atoms with Crippen LogP contribution in [0.2, 0.25) is 0 Å². The Kier molecular flexibility index (Phi) is 3.29. The Labute approximate surface area is 116 Å². The maximum absolute atomic E-state index is 11.8. The van der Waals surface area contributed by atoms with Crippen LogP contribution in [0.3, 0.4) is 0 Å². The van der Waals surface area contributed by atoms with Crippen molar-refractivity contribution in [3.63, 3.8) is 0 Å². The number of carbonyl (C=O) groups excluding carboxylic acids is 1. The molecule has 0 fully saturated rings. The summed E-state index contributed by atoms with van der Waals surface area (Å²) in [6.45, 7) is 0. The lowest BCUT2D eigenvalue weighted by Gasteiger charge is -2.21. The number of nitrogens with one attached hydrogen (secondary N) is 1. The maximum atomic E-state index is 11.8. The lowest BCUT2D eigenvalue weighted by atomic mass is 9.89. The fourth-order valence-corrected chi connectivity index (χ4v) is 2.47. The molecule has 1 aliphatic carbocycles. The van der Waals surface area contributed by atoms with Gasteiger partial charge in [-0.3, -0.25) is 4.79 Å². The van der Waals surface area contributed by atoms with E-state index in [4.69, 9.17) is 4.42 Å². The Morgan fingerprint density at radius 1 is 1.20 bits per heavy atom. The third-order valence-electron chi connectivity index (χ3n) is 3.35. The van der Waals surface area contributed by atoms with Crippen molar-refractivity contribution in [1.82, 2.24) is 0 Å². The molecule has 1 aliphatic rings. The van der Waals surface area contributed by atoms with Crippen molar-refractivity contribution in [2.24, 2.45) is 0 Å². The minimum atomic E-state index is 0.0716. The van der Waals surface area contributed by atoms with Crippen LogP contribution in [0.5, 0.6) is 5.75 Å². The molecule has 102 valence electrons. The van der Waals surface area contributed by atoms with Crippen LogP contribution in [0.1, 0.15) is 24.5 Å². The first-order valence-corrected chi connectivity index (χ1v) is 6.53. The van der Waals surface area contributed by atoms with E-state index >= 15 is 0 Å². The van der Waals surface area contributed by atoms with Crippen molar-refractivity contribution in [3.05, 3.63) is 60.2 Å². The predicted molar refractivity (Wildman–Crippen MR) is 75.5 cm³/mol. The minimum absolute atomic E-state index is 0.0716. The zero-order chi connectivity index (χ0) is 13.9. The van der Waals surface area contributed by atoms with Gasteiger partial charge < -0.3 is 14.8 Å². The highest BCUT2D eigenvalue weighted by Gasteiger charge is 2.24. The zero-order valence-electron chi connectivity index (χ0n) is 10.9. The van der Waals surface area contributed by atoms with Crippen molar-refractivity contribution < 1.29 is 14.3 Å². The Balaban J connectivity index is 1.78. The number of hydrogen-bond donors (Lipinski definition) is 2. The van der Waals surface area contributed by atoms with Crippen LogP contribution in [0.25, 0.3) is 0 Å². The van der Waals surface area contributed by atoms with Crippen molar-refractivity contribution >= 4 is 11.5 Å². The van der Waals surface area contributed by atoms with E-state index in [1.807, 2.05) is 18.2 Å². The summed E-state index contributed by atoms with van der Waals surface area (Å²) in [6.07, 6.45) is 4.44. The van der Waals surface area contributed by atoms with Crippen LogP contribution >= 0.6 is 0 Å². The lowest BCUT2D eigenvalue weighted by Crippen LogP contribution is -2.16. The van der Waals surface area contributed by atoms with Crippen molar-refractivity contribution in [2.75, 3.05) is 5.32 Å². The molecule has 0 aliphatic heterocycles. The number of furan rings is 1. The highest BCUT2D eigenvalue weighted by atomic mass is 16.3. The monoisotopic (exact) mass is 269 g/mol. The number of phenols is 1. The standard InChI is InChI=1S/C16H15NO3/c18-14-4-1-3-12(9-14)17-13-7-11(8-15(19)10-13)16-5-2-6-20-16/h1-6,9-11,17-18H,7-8H2/t11-/m0/s1. The largest absolute Gasteiger partial charge is 0.508 e. The molecule has 0 bridgehead atoms. The van der Waals surface area contributed by atoms with E-state index in [2.05, 4.69) is 5.32 Å². The quantitative estimate of drug-likeness (QED) is 0.896. The molecule has 1 aromatic heterocycles. The molecule has 4 heteroatoms. The van der Waals surface area contributed by atoms with Gasteiger partial charge in [0.2, 0.25) is 0 Å². The summed E-state index contributed by atoms with van der Waals surface area (Å²) < 4.78 is 5.39. The number of hydrogen-bond acceptors (Lipinski definition) is 4. The van der Waals surface area contributed by atoms with E-state index in [1.165, 1.54) is 0 Å². The summed E-state index contributed by atoms with van der Waals surface area (Å²) in [7, 11) is 0. The van der Waals surface area contributed by atoms with Crippen LogP contribution in [0.4, 0.5) is 5.69 Å². The van der Waals surface area contributed by atoms with E-state index in [-0.39, 0.29) is 17.5 Å². The molecular formula is C16H15NO3. The Bertz CT molecular complexity index is 644. The summed E-state index contributed by atoms with van der Waals surface area (Å²) in [6, 6.07) is 10.6. The van der Waals surface area contributed by atoms with Crippen molar-refractivity contribution in [3.8, 4) is 5.75 Å². The number of anilines is 1. The number of ketones is 1.